The van der Waals surface area contributed by atoms with Crippen LogP contribution < -0.4 is 14.9 Å². The van der Waals surface area contributed by atoms with Crippen molar-refractivity contribution >= 4 is 18.6 Å². The second kappa shape index (κ2) is 8.59. The Balaban J connectivity index is 1.68. The fourth-order valence-corrected chi connectivity index (χ4v) is 5.74. The number of carbonyl (C=O) groups excluding carboxylic acids is 1. The Kier molecular flexibility index (Phi) is 5.76. The molecule has 1 aliphatic carbocycles. The average Bonchev–Trinajstić information content (AvgIpc) is 2.78. The van der Waals surface area contributed by atoms with Gasteiger partial charge in [0.05, 0.1) is 0 Å². The molecule has 0 radical (unpaired) electrons. The van der Waals surface area contributed by atoms with E-state index in [0.717, 1.165) is 60.9 Å². The van der Waals surface area contributed by atoms with Crippen molar-refractivity contribution in [3.8, 4) is 11.5 Å². The van der Waals surface area contributed by atoms with E-state index < -0.39 is 7.12 Å². The molecule has 0 fully saturated rings. The van der Waals surface area contributed by atoms with Gasteiger partial charge in [0.15, 0.2) is 0 Å². The zero-order valence-corrected chi connectivity index (χ0v) is 20.1. The van der Waals surface area contributed by atoms with Crippen LogP contribution in [-0.4, -0.2) is 18.7 Å². The van der Waals surface area contributed by atoms with Gasteiger partial charge < -0.3 is 14.0 Å². The van der Waals surface area contributed by atoms with E-state index in [1.807, 2.05) is 30.3 Å². The molecule has 3 aliphatic rings. The molecule has 0 aromatic heterocycles. The molecule has 2 aromatic rings. The minimum atomic E-state index is -0.747. The molecule has 0 N–H and O–H groups in total. The van der Waals surface area contributed by atoms with Gasteiger partial charge >= 0.3 is 13.1 Å². The molecule has 0 spiro atoms. The Hall–Kier alpha value is -2.69. The van der Waals surface area contributed by atoms with Crippen molar-refractivity contribution in [3.63, 3.8) is 0 Å². The molecular weight excluding hydrogens is 411 g/mol. The third kappa shape index (κ3) is 3.96. The topological polar surface area (TPSA) is 44.8 Å². The summed E-state index contributed by atoms with van der Waals surface area (Å²) in [5, 5.41) is 0. The molecule has 2 heterocycles. The smallest absolute Gasteiger partial charge is 0.521 e. The zero-order chi connectivity index (χ0) is 23.2. The maximum atomic E-state index is 13.4. The fourth-order valence-electron chi connectivity index (χ4n) is 5.74. The van der Waals surface area contributed by atoms with E-state index in [1.54, 1.807) is 0 Å². The highest BCUT2D eigenvalue weighted by Gasteiger charge is 2.48. The van der Waals surface area contributed by atoms with E-state index in [2.05, 4.69) is 39.8 Å². The summed E-state index contributed by atoms with van der Waals surface area (Å²) in [6, 6.07) is 11.8. The Bertz CT molecular complexity index is 1090. The molecule has 2 unspecified atom stereocenters. The average molecular weight is 444 g/mol. The Morgan fingerprint density at radius 1 is 1.12 bits per heavy atom. The molecule has 0 amide bonds. The van der Waals surface area contributed by atoms with E-state index >= 15 is 0 Å². The highest BCUT2D eigenvalue weighted by atomic mass is 16.6. The van der Waals surface area contributed by atoms with Gasteiger partial charge in [-0.25, -0.2) is 4.79 Å². The number of allylic oxidation sites excluding steroid dienone is 2. The summed E-state index contributed by atoms with van der Waals surface area (Å²) in [5.74, 6) is 1.73. The van der Waals surface area contributed by atoms with Crippen LogP contribution >= 0.6 is 0 Å². The van der Waals surface area contributed by atoms with Crippen molar-refractivity contribution in [2.45, 2.75) is 77.7 Å². The molecule has 4 nitrogen and oxygen atoms in total. The van der Waals surface area contributed by atoms with Crippen LogP contribution in [0.1, 0.15) is 87.2 Å². The largest absolute Gasteiger partial charge is 0.634 e. The van der Waals surface area contributed by atoms with E-state index in [9.17, 15) is 4.79 Å². The molecule has 0 saturated carbocycles. The summed E-state index contributed by atoms with van der Waals surface area (Å²) < 4.78 is 19.0. The molecule has 5 heteroatoms. The lowest BCUT2D eigenvalue weighted by Crippen LogP contribution is -2.48. The van der Waals surface area contributed by atoms with Crippen LogP contribution in [0.15, 0.2) is 48.0 Å². The second-order valence-electron chi connectivity index (χ2n) is 10.3. The fraction of sp³-hybridized carbons (Fsp3) is 0.464. The van der Waals surface area contributed by atoms with E-state index in [1.165, 1.54) is 5.57 Å². The summed E-state index contributed by atoms with van der Waals surface area (Å²) in [6.07, 6.45) is 8.59. The van der Waals surface area contributed by atoms with Gasteiger partial charge in [-0.15, -0.1) is 0 Å². The Morgan fingerprint density at radius 2 is 1.91 bits per heavy atom. The first-order chi connectivity index (χ1) is 15.9. The number of fused-ring (bicyclic) bond motifs is 5. The number of hydrogen-bond donors (Lipinski definition) is 0. The van der Waals surface area contributed by atoms with E-state index in [0.29, 0.717) is 17.2 Å². The maximum Gasteiger partial charge on any atom is 0.634 e. The maximum absolute atomic E-state index is 13.4. The minimum Gasteiger partial charge on any atom is -0.521 e. The first kappa shape index (κ1) is 22.1. The number of ether oxygens (including phenoxy) is 1. The molecule has 5 rings (SSSR count). The summed E-state index contributed by atoms with van der Waals surface area (Å²) in [6.45, 7) is 8.78. The Labute approximate surface area is 197 Å². The van der Waals surface area contributed by atoms with Crippen LogP contribution in [0.2, 0.25) is 0 Å². The lowest BCUT2D eigenvalue weighted by Gasteiger charge is -2.47. The summed E-state index contributed by atoms with van der Waals surface area (Å²) >= 11 is 0. The molecule has 172 valence electrons. The van der Waals surface area contributed by atoms with Crippen molar-refractivity contribution in [2.24, 2.45) is 5.92 Å². The third-order valence-corrected chi connectivity index (χ3v) is 7.47. The van der Waals surface area contributed by atoms with Gasteiger partial charge in [0.2, 0.25) is 0 Å². The van der Waals surface area contributed by atoms with Gasteiger partial charge in [-0.1, -0.05) is 61.7 Å². The molecule has 2 atom stereocenters. The van der Waals surface area contributed by atoms with Gasteiger partial charge in [0.25, 0.3) is 0 Å². The van der Waals surface area contributed by atoms with Gasteiger partial charge in [0, 0.05) is 22.9 Å². The molecule has 33 heavy (non-hydrogen) atoms. The van der Waals surface area contributed by atoms with Crippen molar-refractivity contribution in [1.82, 2.24) is 0 Å². The van der Waals surface area contributed by atoms with Crippen LogP contribution in [0.4, 0.5) is 0 Å². The highest BCUT2D eigenvalue weighted by Crippen LogP contribution is 2.55. The molecule has 2 aromatic carbocycles. The van der Waals surface area contributed by atoms with Crippen LogP contribution in [-0.2, 0) is 11.1 Å². The first-order valence-electron chi connectivity index (χ1n) is 12.4. The number of unbranched alkanes of at least 4 members (excludes halogenated alkanes) is 2. The third-order valence-electron chi connectivity index (χ3n) is 7.47. The van der Waals surface area contributed by atoms with Crippen LogP contribution in [0.25, 0.3) is 0 Å². The Morgan fingerprint density at radius 3 is 2.67 bits per heavy atom. The first-order valence-corrected chi connectivity index (χ1v) is 12.4. The van der Waals surface area contributed by atoms with Gasteiger partial charge in [-0.05, 0) is 58.1 Å². The van der Waals surface area contributed by atoms with Crippen molar-refractivity contribution in [3.05, 3.63) is 64.7 Å². The van der Waals surface area contributed by atoms with Crippen LogP contribution in [0.3, 0.4) is 0 Å². The minimum absolute atomic E-state index is 0.165. The second-order valence-corrected chi connectivity index (χ2v) is 10.3. The lowest BCUT2D eigenvalue weighted by atomic mass is 9.67. The molecule has 2 aliphatic heterocycles. The van der Waals surface area contributed by atoms with E-state index in [-0.39, 0.29) is 17.5 Å². The lowest BCUT2D eigenvalue weighted by molar-refractivity contribution is 0.0107. The molecule has 0 saturated heterocycles. The van der Waals surface area contributed by atoms with Gasteiger partial charge in [-0.3, -0.25) is 0 Å². The van der Waals surface area contributed by atoms with Gasteiger partial charge in [0.1, 0.15) is 22.7 Å². The monoisotopic (exact) mass is 444 g/mol. The molecule has 0 bridgehead atoms. The quantitative estimate of drug-likeness (QED) is 0.324. The van der Waals surface area contributed by atoms with Gasteiger partial charge in [-0.2, -0.15) is 0 Å². The number of benzene rings is 2. The van der Waals surface area contributed by atoms with Crippen LogP contribution in [0, 0.1) is 5.92 Å². The van der Waals surface area contributed by atoms with Crippen LogP contribution in [0.5, 0.6) is 11.5 Å². The number of carbonyl (C=O) groups is 1. The SMILES string of the molecule is CCCCCc1cc2c(c3c1C(=O)OB(c1ccccc1)O3)C1C=C(C)CCC1C(C)(C)O2. The number of aryl methyl sites for hydroxylation is 1. The van der Waals surface area contributed by atoms with E-state index in [4.69, 9.17) is 14.0 Å². The van der Waals surface area contributed by atoms with Crippen molar-refractivity contribution < 1.29 is 18.8 Å². The standard InChI is InChI=1S/C28H33BO4/c1-5-6-8-11-19-17-23-25(21-16-18(2)14-15-22(21)28(3,4)31-23)26-24(19)27(30)33-29(32-26)20-12-9-7-10-13-20/h7,9-10,12-13,16-17,21-22H,5-6,8,11,14-15H2,1-4H3. The predicted octanol–water partition coefficient (Wildman–Crippen LogP) is 5.97. The van der Waals surface area contributed by atoms with Crippen molar-refractivity contribution in [1.29, 1.82) is 0 Å². The number of rotatable bonds is 5. The molecular formula is C28H33BO4. The number of hydrogen-bond acceptors (Lipinski definition) is 4. The highest BCUT2D eigenvalue weighted by molar-refractivity contribution is 6.64. The zero-order valence-electron chi connectivity index (χ0n) is 20.1. The predicted molar refractivity (Wildman–Crippen MR) is 131 cm³/mol. The summed E-state index contributed by atoms with van der Waals surface area (Å²) in [4.78, 5) is 13.4. The normalized spacial score (nSPS) is 22.7. The summed E-state index contributed by atoms with van der Waals surface area (Å²) in [7, 11) is -0.747. The van der Waals surface area contributed by atoms with Crippen molar-refractivity contribution in [2.75, 3.05) is 0 Å². The summed E-state index contributed by atoms with van der Waals surface area (Å²) in [5.41, 5.74) is 4.53.